The van der Waals surface area contributed by atoms with Crippen LogP contribution in [0.3, 0.4) is 0 Å². The van der Waals surface area contributed by atoms with Gasteiger partial charge in [-0.05, 0) is 37.1 Å². The van der Waals surface area contributed by atoms with Gasteiger partial charge in [-0.1, -0.05) is 42.5 Å². The van der Waals surface area contributed by atoms with Gasteiger partial charge in [0.1, 0.15) is 11.9 Å². The van der Waals surface area contributed by atoms with Gasteiger partial charge in [-0.25, -0.2) is 0 Å². The van der Waals surface area contributed by atoms with Crippen molar-refractivity contribution < 1.29 is 4.74 Å². The summed E-state index contributed by atoms with van der Waals surface area (Å²) in [6, 6.07) is 18.2. The van der Waals surface area contributed by atoms with Crippen molar-refractivity contribution >= 4 is 0 Å². The Morgan fingerprint density at radius 1 is 0.889 bits per heavy atom. The molecule has 2 heteroatoms. The van der Waals surface area contributed by atoms with Crippen LogP contribution in [0.15, 0.2) is 54.6 Å². The van der Waals surface area contributed by atoms with Crippen LogP contribution in [0, 0.1) is 0 Å². The van der Waals surface area contributed by atoms with Gasteiger partial charge in [0.25, 0.3) is 0 Å². The van der Waals surface area contributed by atoms with E-state index in [4.69, 9.17) is 10.5 Å². The molecule has 2 atom stereocenters. The number of benzene rings is 2. The van der Waals surface area contributed by atoms with Crippen LogP contribution in [0.2, 0.25) is 0 Å². The van der Waals surface area contributed by atoms with Crippen molar-refractivity contribution in [3.05, 3.63) is 65.7 Å². The number of hydrogen-bond acceptors (Lipinski definition) is 2. The maximum Gasteiger partial charge on any atom is 0.121 e. The van der Waals surface area contributed by atoms with Gasteiger partial charge in [0.05, 0.1) is 0 Å². The van der Waals surface area contributed by atoms with Crippen molar-refractivity contribution in [3.63, 3.8) is 0 Å². The SMILES string of the molecule is CC(Oc1cccc([C@H](C)N)c1)c1ccccc1. The van der Waals surface area contributed by atoms with E-state index in [9.17, 15) is 0 Å². The largest absolute Gasteiger partial charge is 0.486 e. The highest BCUT2D eigenvalue weighted by Gasteiger charge is 2.07. The minimum atomic E-state index is 0.0283. The van der Waals surface area contributed by atoms with E-state index in [2.05, 4.69) is 12.1 Å². The van der Waals surface area contributed by atoms with E-state index in [-0.39, 0.29) is 12.1 Å². The zero-order valence-corrected chi connectivity index (χ0v) is 10.8. The Balaban J connectivity index is 2.12. The summed E-state index contributed by atoms with van der Waals surface area (Å²) in [7, 11) is 0. The molecular formula is C16H19NO. The highest BCUT2D eigenvalue weighted by molar-refractivity contribution is 5.31. The summed E-state index contributed by atoms with van der Waals surface area (Å²) in [5.41, 5.74) is 8.13. The first-order valence-corrected chi connectivity index (χ1v) is 6.24. The van der Waals surface area contributed by atoms with E-state index in [0.717, 1.165) is 11.3 Å². The van der Waals surface area contributed by atoms with Crippen molar-refractivity contribution in [2.24, 2.45) is 5.73 Å². The molecule has 0 saturated carbocycles. The first-order valence-electron chi connectivity index (χ1n) is 6.24. The second-order valence-electron chi connectivity index (χ2n) is 4.53. The minimum Gasteiger partial charge on any atom is -0.486 e. The summed E-state index contributed by atoms with van der Waals surface area (Å²) in [5, 5.41) is 0. The molecule has 0 saturated heterocycles. The molecule has 2 nitrogen and oxygen atoms in total. The zero-order chi connectivity index (χ0) is 13.0. The van der Waals surface area contributed by atoms with Crippen LogP contribution in [0.5, 0.6) is 5.75 Å². The van der Waals surface area contributed by atoms with E-state index < -0.39 is 0 Å². The quantitative estimate of drug-likeness (QED) is 0.882. The highest BCUT2D eigenvalue weighted by Crippen LogP contribution is 2.23. The molecule has 2 N–H and O–H groups in total. The van der Waals surface area contributed by atoms with Crippen molar-refractivity contribution in [1.82, 2.24) is 0 Å². The predicted octanol–water partition coefficient (Wildman–Crippen LogP) is 3.85. The predicted molar refractivity (Wildman–Crippen MR) is 74.5 cm³/mol. The summed E-state index contributed by atoms with van der Waals surface area (Å²) >= 11 is 0. The fourth-order valence-electron chi connectivity index (χ4n) is 1.87. The van der Waals surface area contributed by atoms with E-state index in [1.54, 1.807) is 0 Å². The molecule has 0 aromatic heterocycles. The van der Waals surface area contributed by atoms with Crippen LogP contribution in [-0.2, 0) is 0 Å². The Hall–Kier alpha value is -1.80. The molecule has 18 heavy (non-hydrogen) atoms. The summed E-state index contributed by atoms with van der Waals surface area (Å²) in [5.74, 6) is 0.862. The Morgan fingerprint density at radius 2 is 1.56 bits per heavy atom. The van der Waals surface area contributed by atoms with E-state index >= 15 is 0 Å². The molecule has 0 radical (unpaired) electrons. The molecule has 0 bridgehead atoms. The molecule has 0 aliphatic heterocycles. The molecule has 1 unspecified atom stereocenters. The van der Waals surface area contributed by atoms with Crippen LogP contribution >= 0.6 is 0 Å². The van der Waals surface area contributed by atoms with Crippen LogP contribution in [0.1, 0.15) is 37.1 Å². The Morgan fingerprint density at radius 3 is 2.22 bits per heavy atom. The van der Waals surface area contributed by atoms with Gasteiger partial charge in [-0.3, -0.25) is 0 Å². The molecule has 0 aliphatic carbocycles. The molecular weight excluding hydrogens is 222 g/mol. The highest BCUT2D eigenvalue weighted by atomic mass is 16.5. The van der Waals surface area contributed by atoms with E-state index in [1.807, 2.05) is 56.3 Å². The average Bonchev–Trinajstić information content (AvgIpc) is 2.40. The molecule has 2 aromatic rings. The van der Waals surface area contributed by atoms with Gasteiger partial charge < -0.3 is 10.5 Å². The van der Waals surface area contributed by atoms with Crippen molar-refractivity contribution in [3.8, 4) is 5.75 Å². The summed E-state index contributed by atoms with van der Waals surface area (Å²) in [6.07, 6.45) is 0.0366. The van der Waals surface area contributed by atoms with Crippen LogP contribution < -0.4 is 10.5 Å². The van der Waals surface area contributed by atoms with Crippen molar-refractivity contribution in [2.45, 2.75) is 26.0 Å². The Kier molecular flexibility index (Phi) is 4.00. The van der Waals surface area contributed by atoms with Crippen LogP contribution in [0.25, 0.3) is 0 Å². The normalized spacial score (nSPS) is 13.9. The maximum atomic E-state index is 5.94. The fraction of sp³-hybridized carbons (Fsp3) is 0.250. The van der Waals surface area contributed by atoms with E-state index in [1.165, 1.54) is 5.56 Å². The third kappa shape index (κ3) is 3.11. The maximum absolute atomic E-state index is 5.94. The standard InChI is InChI=1S/C16H19NO/c1-12(17)15-9-6-10-16(11-15)18-13(2)14-7-4-3-5-8-14/h3-13H,17H2,1-2H3/t12-,13?/m0/s1. The smallest absolute Gasteiger partial charge is 0.121 e. The monoisotopic (exact) mass is 241 g/mol. The number of hydrogen-bond donors (Lipinski definition) is 1. The van der Waals surface area contributed by atoms with Crippen LogP contribution in [-0.4, -0.2) is 0 Å². The molecule has 0 amide bonds. The molecule has 2 aromatic carbocycles. The number of ether oxygens (including phenoxy) is 1. The minimum absolute atomic E-state index is 0.0283. The van der Waals surface area contributed by atoms with Gasteiger partial charge in [-0.2, -0.15) is 0 Å². The lowest BCUT2D eigenvalue weighted by Crippen LogP contribution is -2.06. The zero-order valence-electron chi connectivity index (χ0n) is 10.8. The first-order chi connectivity index (χ1) is 8.66. The molecule has 0 fully saturated rings. The Bertz CT molecular complexity index is 493. The lowest BCUT2D eigenvalue weighted by atomic mass is 10.1. The molecule has 0 spiro atoms. The Labute approximate surface area is 108 Å². The molecule has 0 heterocycles. The summed E-state index contributed by atoms with van der Waals surface area (Å²) in [6.45, 7) is 4.02. The lowest BCUT2D eigenvalue weighted by molar-refractivity contribution is 0.226. The topological polar surface area (TPSA) is 35.2 Å². The third-order valence-corrected chi connectivity index (χ3v) is 2.97. The summed E-state index contributed by atoms with van der Waals surface area (Å²) < 4.78 is 5.94. The second kappa shape index (κ2) is 5.69. The third-order valence-electron chi connectivity index (χ3n) is 2.97. The van der Waals surface area contributed by atoms with Gasteiger partial charge >= 0.3 is 0 Å². The second-order valence-corrected chi connectivity index (χ2v) is 4.53. The van der Waals surface area contributed by atoms with E-state index in [0.29, 0.717) is 0 Å². The van der Waals surface area contributed by atoms with Gasteiger partial charge in [0, 0.05) is 6.04 Å². The lowest BCUT2D eigenvalue weighted by Gasteiger charge is -2.16. The molecule has 94 valence electrons. The summed E-state index contributed by atoms with van der Waals surface area (Å²) in [4.78, 5) is 0. The first kappa shape index (κ1) is 12.7. The molecule has 2 rings (SSSR count). The van der Waals surface area contributed by atoms with Gasteiger partial charge in [0.15, 0.2) is 0 Å². The number of rotatable bonds is 4. The van der Waals surface area contributed by atoms with Crippen molar-refractivity contribution in [2.75, 3.05) is 0 Å². The van der Waals surface area contributed by atoms with Crippen LogP contribution in [0.4, 0.5) is 0 Å². The molecule has 0 aliphatic rings. The van der Waals surface area contributed by atoms with Crippen molar-refractivity contribution in [1.29, 1.82) is 0 Å². The number of nitrogens with two attached hydrogens (primary N) is 1. The van der Waals surface area contributed by atoms with Gasteiger partial charge in [-0.15, -0.1) is 0 Å². The van der Waals surface area contributed by atoms with Gasteiger partial charge in [0.2, 0.25) is 0 Å². The fourth-order valence-corrected chi connectivity index (χ4v) is 1.87. The average molecular weight is 241 g/mol.